The highest BCUT2D eigenvalue weighted by Crippen LogP contribution is 2.25. The number of benzene rings is 1. The van der Waals surface area contributed by atoms with Gasteiger partial charge in [-0.3, -0.25) is 14.0 Å². The van der Waals surface area contributed by atoms with Gasteiger partial charge in [-0.05, 0) is 44.5 Å². The number of morpholine rings is 1. The third kappa shape index (κ3) is 6.84. The summed E-state index contributed by atoms with van der Waals surface area (Å²) >= 11 is 0. The van der Waals surface area contributed by atoms with Gasteiger partial charge in [0.15, 0.2) is 5.69 Å². The van der Waals surface area contributed by atoms with Crippen LogP contribution in [-0.2, 0) is 16.1 Å². The van der Waals surface area contributed by atoms with Crippen LogP contribution < -0.4 is 10.1 Å². The molecule has 0 spiro atoms. The number of hydrogen-bond acceptors (Lipinski definition) is 6. The molecule has 2 aromatic heterocycles. The van der Waals surface area contributed by atoms with E-state index in [0.717, 1.165) is 5.75 Å². The van der Waals surface area contributed by atoms with E-state index >= 15 is 0 Å². The first-order chi connectivity index (χ1) is 18.0. The third-order valence-electron chi connectivity index (χ3n) is 7.13. The molecule has 2 atom stereocenters. The third-order valence-corrected chi connectivity index (χ3v) is 7.13. The number of aromatic nitrogens is 2. The Morgan fingerprint density at radius 1 is 1.08 bits per heavy atom. The molecule has 2 saturated heterocycles. The molecule has 2 aliphatic rings. The highest BCUT2D eigenvalue weighted by atomic mass is 35.5. The number of para-hydroxylation sites is 1. The number of piperidine rings is 1. The van der Waals surface area contributed by atoms with E-state index in [2.05, 4.69) is 5.32 Å². The van der Waals surface area contributed by atoms with E-state index < -0.39 is 0 Å². The fraction of sp³-hybridized carbons (Fsp3) is 0.464. The van der Waals surface area contributed by atoms with Crippen molar-refractivity contribution in [3.8, 4) is 5.75 Å². The van der Waals surface area contributed by atoms with Gasteiger partial charge in [0, 0.05) is 44.5 Å². The monoisotopic (exact) mass is 577 g/mol. The van der Waals surface area contributed by atoms with Crippen molar-refractivity contribution < 1.29 is 19.1 Å². The van der Waals surface area contributed by atoms with Crippen molar-refractivity contribution in [1.29, 1.82) is 0 Å². The Hall–Kier alpha value is -2.85. The van der Waals surface area contributed by atoms with Crippen LogP contribution in [0.15, 0.2) is 54.7 Å². The van der Waals surface area contributed by atoms with Crippen LogP contribution in [0, 0.1) is 5.92 Å². The molecule has 1 N–H and O–H groups in total. The van der Waals surface area contributed by atoms with Crippen LogP contribution in [0.2, 0.25) is 0 Å². The van der Waals surface area contributed by atoms with E-state index in [1.54, 1.807) is 0 Å². The SMILES string of the molecule is CC(C)N(C(=O)c1nc2ccccn2c1COc1ccccc1)[C@@H]1CNC[C@H](C(=O)N2CCOCC2)C1.Cl.Cl. The number of fused-ring (bicyclic) bond motifs is 1. The number of hydrogen-bond donors (Lipinski definition) is 1. The fourth-order valence-electron chi connectivity index (χ4n) is 5.33. The van der Waals surface area contributed by atoms with Crippen LogP contribution in [0.3, 0.4) is 0 Å². The summed E-state index contributed by atoms with van der Waals surface area (Å²) in [6, 6.07) is 15.1. The van der Waals surface area contributed by atoms with E-state index in [0.29, 0.717) is 62.8 Å². The Morgan fingerprint density at radius 3 is 2.51 bits per heavy atom. The maximum Gasteiger partial charge on any atom is 0.275 e. The first kappa shape index (κ1) is 30.7. The standard InChI is InChI=1S/C28H35N5O4.2ClH/c1-20(2)33(22-16-21(17-29-18-22)27(34)31-12-14-36-15-13-31)28(35)26-24(19-37-23-8-4-3-5-9-23)32-11-7-6-10-25(32)30-26;;/h3-11,20-22,29H,12-19H2,1-2H3;2*1H/t21-,22+;;/m1../s1. The average Bonchev–Trinajstić information content (AvgIpc) is 3.31. The van der Waals surface area contributed by atoms with E-state index in [4.69, 9.17) is 14.5 Å². The van der Waals surface area contributed by atoms with Crippen LogP contribution in [0.25, 0.3) is 5.65 Å². The summed E-state index contributed by atoms with van der Waals surface area (Å²) in [6.07, 6.45) is 2.53. The highest BCUT2D eigenvalue weighted by molar-refractivity contribution is 5.95. The average molecular weight is 579 g/mol. The van der Waals surface area contributed by atoms with E-state index in [9.17, 15) is 9.59 Å². The molecule has 0 unspecified atom stereocenters. The zero-order valence-corrected chi connectivity index (χ0v) is 24.0. The van der Waals surface area contributed by atoms with Crippen LogP contribution in [0.4, 0.5) is 0 Å². The number of pyridine rings is 1. The molecule has 0 radical (unpaired) electrons. The Bertz CT molecular complexity index is 1230. The predicted octanol–water partition coefficient (Wildman–Crippen LogP) is 3.44. The van der Waals surface area contributed by atoms with Gasteiger partial charge in [0.2, 0.25) is 5.91 Å². The Kier molecular flexibility index (Phi) is 11.0. The number of ether oxygens (including phenoxy) is 2. The van der Waals surface area contributed by atoms with Gasteiger partial charge >= 0.3 is 0 Å². The summed E-state index contributed by atoms with van der Waals surface area (Å²) in [4.78, 5) is 35.8. The molecule has 3 aromatic rings. The number of rotatable bonds is 7. The lowest BCUT2D eigenvalue weighted by Crippen LogP contribution is -2.57. The number of imidazole rings is 1. The molecule has 2 amide bonds. The Labute approximate surface area is 241 Å². The largest absolute Gasteiger partial charge is 0.487 e. The summed E-state index contributed by atoms with van der Waals surface area (Å²) in [5.41, 5.74) is 1.79. The minimum Gasteiger partial charge on any atom is -0.487 e. The molecule has 2 aliphatic heterocycles. The summed E-state index contributed by atoms with van der Waals surface area (Å²) in [5, 5.41) is 3.41. The van der Waals surface area contributed by atoms with Crippen molar-refractivity contribution in [2.75, 3.05) is 39.4 Å². The second-order valence-electron chi connectivity index (χ2n) is 9.93. The van der Waals surface area contributed by atoms with Crippen molar-refractivity contribution in [3.63, 3.8) is 0 Å². The Balaban J connectivity index is 0.00000210. The van der Waals surface area contributed by atoms with Crippen LogP contribution >= 0.6 is 24.8 Å². The number of carbonyl (C=O) groups is 2. The summed E-state index contributed by atoms with van der Waals surface area (Å²) in [5.74, 6) is 0.555. The van der Waals surface area contributed by atoms with Crippen LogP contribution in [0.5, 0.6) is 5.75 Å². The molecule has 39 heavy (non-hydrogen) atoms. The highest BCUT2D eigenvalue weighted by Gasteiger charge is 2.37. The quantitative estimate of drug-likeness (QED) is 0.462. The minimum absolute atomic E-state index is 0. The minimum atomic E-state index is -0.173. The number of nitrogens with zero attached hydrogens (tertiary/aromatic N) is 4. The van der Waals surface area contributed by atoms with Crippen molar-refractivity contribution >= 4 is 42.3 Å². The topological polar surface area (TPSA) is 88.4 Å². The van der Waals surface area contributed by atoms with Gasteiger partial charge in [0.1, 0.15) is 18.0 Å². The summed E-state index contributed by atoms with van der Waals surface area (Å²) in [7, 11) is 0. The molecular weight excluding hydrogens is 541 g/mol. The van der Waals surface area contributed by atoms with Gasteiger partial charge < -0.3 is 24.6 Å². The van der Waals surface area contributed by atoms with E-state index in [-0.39, 0.29) is 61.2 Å². The lowest BCUT2D eigenvalue weighted by atomic mass is 9.92. The van der Waals surface area contributed by atoms with Gasteiger partial charge in [-0.15, -0.1) is 24.8 Å². The van der Waals surface area contributed by atoms with Gasteiger partial charge in [0.25, 0.3) is 5.91 Å². The van der Waals surface area contributed by atoms with Gasteiger partial charge in [-0.1, -0.05) is 24.3 Å². The van der Waals surface area contributed by atoms with Crippen LogP contribution in [-0.4, -0.2) is 82.5 Å². The number of halogens is 2. The molecule has 212 valence electrons. The molecule has 0 saturated carbocycles. The molecule has 5 rings (SSSR count). The molecule has 1 aromatic carbocycles. The summed E-state index contributed by atoms with van der Waals surface area (Å²) < 4.78 is 13.4. The zero-order valence-electron chi connectivity index (χ0n) is 22.3. The predicted molar refractivity (Wildman–Crippen MR) is 154 cm³/mol. The van der Waals surface area contributed by atoms with Crippen molar-refractivity contribution in [3.05, 3.63) is 66.1 Å². The molecule has 2 fully saturated rings. The second kappa shape index (κ2) is 14.0. The molecule has 0 aliphatic carbocycles. The zero-order chi connectivity index (χ0) is 25.8. The second-order valence-corrected chi connectivity index (χ2v) is 9.93. The van der Waals surface area contributed by atoms with Crippen molar-refractivity contribution in [2.24, 2.45) is 5.92 Å². The van der Waals surface area contributed by atoms with Crippen molar-refractivity contribution in [1.82, 2.24) is 24.5 Å². The molecule has 4 heterocycles. The normalized spacial score (nSPS) is 19.2. The number of carbonyl (C=O) groups excluding carboxylic acids is 2. The maximum atomic E-state index is 14.1. The summed E-state index contributed by atoms with van der Waals surface area (Å²) in [6.45, 7) is 7.90. The maximum absolute atomic E-state index is 14.1. The van der Waals surface area contributed by atoms with E-state index in [1.165, 1.54) is 0 Å². The molecule has 9 nitrogen and oxygen atoms in total. The van der Waals surface area contributed by atoms with Gasteiger partial charge in [-0.2, -0.15) is 0 Å². The lowest BCUT2D eigenvalue weighted by molar-refractivity contribution is -0.140. The van der Waals surface area contributed by atoms with Crippen molar-refractivity contribution in [2.45, 2.75) is 39.0 Å². The smallest absolute Gasteiger partial charge is 0.275 e. The van der Waals surface area contributed by atoms with Crippen LogP contribution in [0.1, 0.15) is 36.5 Å². The fourth-order valence-corrected chi connectivity index (χ4v) is 5.33. The Morgan fingerprint density at radius 2 is 1.79 bits per heavy atom. The number of amides is 2. The lowest BCUT2D eigenvalue weighted by Gasteiger charge is -2.41. The number of nitrogens with one attached hydrogen (secondary N) is 1. The van der Waals surface area contributed by atoms with Gasteiger partial charge in [-0.25, -0.2) is 4.98 Å². The first-order valence-electron chi connectivity index (χ1n) is 13.1. The molecular formula is C28H37Cl2N5O4. The first-order valence-corrected chi connectivity index (χ1v) is 13.1. The molecule has 0 bridgehead atoms. The van der Waals surface area contributed by atoms with Gasteiger partial charge in [0.05, 0.1) is 24.8 Å². The molecule has 11 heteroatoms. The van der Waals surface area contributed by atoms with E-state index in [1.807, 2.05) is 82.8 Å².